The number of hydrogen-bond donors (Lipinski definition) is 2. The Morgan fingerprint density at radius 3 is 2.10 bits per heavy atom. The minimum atomic E-state index is -5.42. The van der Waals surface area contributed by atoms with E-state index in [2.05, 4.69) is 4.74 Å². The van der Waals surface area contributed by atoms with Gasteiger partial charge in [-0.15, -0.1) is 0 Å². The van der Waals surface area contributed by atoms with Crippen LogP contribution in [0, 0.1) is 6.92 Å². The quantitative estimate of drug-likeness (QED) is 0.647. The second kappa shape index (κ2) is 5.49. The molecule has 0 aliphatic heterocycles. The molecule has 8 heteroatoms. The number of nitrogens with one attached hydrogen (secondary N) is 1. The number of amides is 1. The molecule has 0 spiro atoms. The van der Waals surface area contributed by atoms with Crippen LogP contribution in [0.1, 0.15) is 15.9 Å². The fourth-order valence-electron chi connectivity index (χ4n) is 1.33. The molecule has 0 unspecified atom stereocenters. The summed E-state index contributed by atoms with van der Waals surface area (Å²) in [6.07, 6.45) is -5.42. The van der Waals surface area contributed by atoms with Crippen LogP contribution in [0.25, 0.3) is 0 Å². The topological polar surface area (TPSA) is 75.6 Å². The molecule has 0 saturated heterocycles. The maximum absolute atomic E-state index is 12.7. The van der Waals surface area contributed by atoms with Crippen LogP contribution in [0.3, 0.4) is 0 Å². The number of aliphatic hydroxyl groups is 1. The molecule has 20 heavy (non-hydrogen) atoms. The lowest BCUT2D eigenvalue weighted by Gasteiger charge is -2.28. The average molecular weight is 291 g/mol. The number of aryl methyl sites for hydroxylation is 1. The second-order valence-electron chi connectivity index (χ2n) is 4.02. The van der Waals surface area contributed by atoms with Gasteiger partial charge < -0.3 is 15.2 Å². The summed E-state index contributed by atoms with van der Waals surface area (Å²) >= 11 is 0. The van der Waals surface area contributed by atoms with E-state index in [1.165, 1.54) is 29.6 Å². The zero-order valence-corrected chi connectivity index (χ0v) is 10.6. The van der Waals surface area contributed by atoms with Gasteiger partial charge in [-0.3, -0.25) is 4.79 Å². The molecule has 0 aliphatic carbocycles. The Morgan fingerprint density at radius 1 is 1.20 bits per heavy atom. The molecular weight excluding hydrogens is 279 g/mol. The molecule has 1 aromatic carbocycles. The van der Waals surface area contributed by atoms with Gasteiger partial charge in [0.1, 0.15) is 0 Å². The van der Waals surface area contributed by atoms with Gasteiger partial charge in [0.05, 0.1) is 7.11 Å². The van der Waals surface area contributed by atoms with Crippen LogP contribution < -0.4 is 5.32 Å². The van der Waals surface area contributed by atoms with Gasteiger partial charge in [0, 0.05) is 5.56 Å². The first-order chi connectivity index (χ1) is 9.11. The molecule has 2 N–H and O–H groups in total. The van der Waals surface area contributed by atoms with E-state index < -0.39 is 23.8 Å². The smallest absolute Gasteiger partial charge is 0.448 e. The standard InChI is InChI=1S/C12H12F3NO4/c1-7-3-5-8(6-4-7)9(17)16-11(19,10(18)20-2)12(13,14)15/h3-6,19H,1-2H3,(H,16,17)/t11-/m0/s1. The number of carbonyl (C=O) groups is 2. The molecule has 0 radical (unpaired) electrons. The molecule has 0 aliphatic rings. The lowest BCUT2D eigenvalue weighted by Crippen LogP contribution is -2.64. The molecule has 1 atom stereocenters. The number of alkyl halides is 3. The maximum Gasteiger partial charge on any atom is 0.448 e. The van der Waals surface area contributed by atoms with Crippen molar-refractivity contribution < 1.29 is 32.6 Å². The van der Waals surface area contributed by atoms with Crippen LogP contribution in [0.5, 0.6) is 0 Å². The number of hydrogen-bond acceptors (Lipinski definition) is 4. The van der Waals surface area contributed by atoms with Gasteiger partial charge in [-0.1, -0.05) is 17.7 Å². The first-order valence-electron chi connectivity index (χ1n) is 5.38. The Kier molecular flexibility index (Phi) is 4.39. The number of ether oxygens (including phenoxy) is 1. The van der Waals surface area contributed by atoms with E-state index in [4.69, 9.17) is 0 Å². The van der Waals surface area contributed by atoms with E-state index in [0.29, 0.717) is 7.11 Å². The monoisotopic (exact) mass is 291 g/mol. The van der Waals surface area contributed by atoms with Crippen molar-refractivity contribution in [2.24, 2.45) is 0 Å². The molecule has 1 amide bonds. The zero-order chi connectivity index (χ0) is 15.6. The van der Waals surface area contributed by atoms with Gasteiger partial charge in [0.15, 0.2) is 0 Å². The van der Waals surface area contributed by atoms with Crippen molar-refractivity contribution in [1.82, 2.24) is 5.32 Å². The summed E-state index contributed by atoms with van der Waals surface area (Å²) in [6.45, 7) is 1.72. The Balaban J connectivity index is 3.05. The van der Waals surface area contributed by atoms with E-state index >= 15 is 0 Å². The Labute approximate surface area is 112 Å². The SMILES string of the molecule is COC(=O)[C@@](O)(NC(=O)c1ccc(C)cc1)C(F)(F)F. The van der Waals surface area contributed by atoms with Gasteiger partial charge in [-0.05, 0) is 19.1 Å². The summed E-state index contributed by atoms with van der Waals surface area (Å²) in [5, 5.41) is 10.6. The molecule has 0 saturated carbocycles. The van der Waals surface area contributed by atoms with Gasteiger partial charge >= 0.3 is 17.9 Å². The zero-order valence-electron chi connectivity index (χ0n) is 10.6. The van der Waals surface area contributed by atoms with E-state index in [-0.39, 0.29) is 5.56 Å². The molecule has 0 fully saturated rings. The number of methoxy groups -OCH3 is 1. The van der Waals surface area contributed by atoms with Crippen LogP contribution in [0.2, 0.25) is 0 Å². The van der Waals surface area contributed by atoms with Crippen LogP contribution in [-0.2, 0) is 9.53 Å². The molecular formula is C12H12F3NO4. The summed E-state index contributed by atoms with van der Waals surface area (Å²) in [5.74, 6) is -3.28. The first kappa shape index (κ1) is 16.0. The largest absolute Gasteiger partial charge is 0.465 e. The summed E-state index contributed by atoms with van der Waals surface area (Å²) in [4.78, 5) is 22.8. The van der Waals surface area contributed by atoms with Crippen LogP contribution in [0.4, 0.5) is 13.2 Å². The highest BCUT2D eigenvalue weighted by atomic mass is 19.4. The van der Waals surface area contributed by atoms with Crippen LogP contribution >= 0.6 is 0 Å². The number of benzene rings is 1. The van der Waals surface area contributed by atoms with Gasteiger partial charge in [-0.2, -0.15) is 13.2 Å². The van der Waals surface area contributed by atoms with E-state index in [0.717, 1.165) is 5.56 Å². The summed E-state index contributed by atoms with van der Waals surface area (Å²) in [5.41, 5.74) is -3.44. The lowest BCUT2D eigenvalue weighted by molar-refractivity contribution is -0.268. The minimum Gasteiger partial charge on any atom is -0.465 e. The molecule has 110 valence electrons. The van der Waals surface area contributed by atoms with Crippen LogP contribution in [0.15, 0.2) is 24.3 Å². The highest BCUT2D eigenvalue weighted by molar-refractivity contribution is 5.97. The number of rotatable bonds is 3. The average Bonchev–Trinajstić information content (AvgIpc) is 2.36. The highest BCUT2D eigenvalue weighted by Gasteiger charge is 2.62. The van der Waals surface area contributed by atoms with Gasteiger partial charge in [0.25, 0.3) is 5.91 Å². The number of esters is 1. The van der Waals surface area contributed by atoms with Crippen LogP contribution in [-0.4, -0.2) is 36.0 Å². The molecule has 5 nitrogen and oxygen atoms in total. The van der Waals surface area contributed by atoms with Crippen molar-refractivity contribution in [3.05, 3.63) is 35.4 Å². The van der Waals surface area contributed by atoms with Gasteiger partial charge in [0.2, 0.25) is 0 Å². The summed E-state index contributed by atoms with van der Waals surface area (Å²) < 4.78 is 42.0. The summed E-state index contributed by atoms with van der Waals surface area (Å²) in [6, 6.07) is 5.52. The maximum atomic E-state index is 12.7. The predicted molar refractivity (Wildman–Crippen MR) is 61.7 cm³/mol. The Bertz CT molecular complexity index is 512. The van der Waals surface area contributed by atoms with E-state index in [1.54, 1.807) is 6.92 Å². The lowest BCUT2D eigenvalue weighted by atomic mass is 10.1. The molecule has 1 rings (SSSR count). The Morgan fingerprint density at radius 2 is 1.70 bits per heavy atom. The van der Waals surface area contributed by atoms with Crippen molar-refractivity contribution in [3.63, 3.8) is 0 Å². The third-order valence-corrected chi connectivity index (χ3v) is 2.50. The Hall–Kier alpha value is -2.09. The van der Waals surface area contributed by atoms with E-state index in [1.807, 2.05) is 0 Å². The normalized spacial score (nSPS) is 14.3. The van der Waals surface area contributed by atoms with Gasteiger partial charge in [-0.25, -0.2) is 4.79 Å². The summed E-state index contributed by atoms with van der Waals surface area (Å²) in [7, 11) is 0.664. The van der Waals surface area contributed by atoms with Crippen molar-refractivity contribution in [3.8, 4) is 0 Å². The second-order valence-corrected chi connectivity index (χ2v) is 4.02. The van der Waals surface area contributed by atoms with Crippen molar-refractivity contribution in [2.75, 3.05) is 7.11 Å². The molecule has 1 aromatic rings. The molecule has 0 bridgehead atoms. The predicted octanol–water partition coefficient (Wildman–Crippen LogP) is 1.15. The molecule has 0 aromatic heterocycles. The fourth-order valence-corrected chi connectivity index (χ4v) is 1.33. The minimum absolute atomic E-state index is 0.137. The van der Waals surface area contributed by atoms with Crippen molar-refractivity contribution in [2.45, 2.75) is 18.8 Å². The third kappa shape index (κ3) is 3.08. The third-order valence-electron chi connectivity index (χ3n) is 2.50. The van der Waals surface area contributed by atoms with Crippen molar-refractivity contribution in [1.29, 1.82) is 0 Å². The first-order valence-corrected chi connectivity index (χ1v) is 5.38. The van der Waals surface area contributed by atoms with Crippen molar-refractivity contribution >= 4 is 11.9 Å². The molecule has 0 heterocycles. The fraction of sp³-hybridized carbons (Fsp3) is 0.333. The van der Waals surface area contributed by atoms with E-state index in [9.17, 15) is 27.9 Å². The number of carbonyl (C=O) groups excluding carboxylic acids is 2. The highest BCUT2D eigenvalue weighted by Crippen LogP contribution is 2.29. The number of halogens is 3.